The third kappa shape index (κ3) is 4.61. The second-order valence-electron chi connectivity index (χ2n) is 4.25. The number of nitrogens with one attached hydrogen (secondary N) is 1. The maximum atomic E-state index is 10.3. The van der Waals surface area contributed by atoms with E-state index in [1.165, 1.54) is 45.2 Å². The SMILES string of the molecule is C[C@@H](CN1CCCCCCC1)NC=O. The van der Waals surface area contributed by atoms with Crippen molar-refractivity contribution in [3.8, 4) is 0 Å². The van der Waals surface area contributed by atoms with Crippen molar-refractivity contribution in [1.82, 2.24) is 10.2 Å². The van der Waals surface area contributed by atoms with Crippen LogP contribution >= 0.6 is 0 Å². The quantitative estimate of drug-likeness (QED) is 0.692. The van der Waals surface area contributed by atoms with E-state index in [1.54, 1.807) is 0 Å². The molecule has 1 fully saturated rings. The molecule has 3 nitrogen and oxygen atoms in total. The number of nitrogens with zero attached hydrogens (tertiary/aromatic N) is 1. The first-order valence-corrected chi connectivity index (χ1v) is 5.75. The highest BCUT2D eigenvalue weighted by Gasteiger charge is 2.10. The van der Waals surface area contributed by atoms with Crippen LogP contribution in [0.3, 0.4) is 0 Å². The van der Waals surface area contributed by atoms with Crippen LogP contribution in [0.15, 0.2) is 0 Å². The van der Waals surface area contributed by atoms with Crippen LogP contribution in [0.1, 0.15) is 39.0 Å². The third-order valence-electron chi connectivity index (χ3n) is 2.83. The average Bonchev–Trinajstić information content (AvgIpc) is 2.10. The highest BCUT2D eigenvalue weighted by molar-refractivity contribution is 5.46. The molecule has 0 spiro atoms. The summed E-state index contributed by atoms with van der Waals surface area (Å²) in [4.78, 5) is 12.7. The Labute approximate surface area is 86.9 Å². The molecular formula is C11H22N2O. The van der Waals surface area contributed by atoms with Gasteiger partial charge in [0.15, 0.2) is 0 Å². The fourth-order valence-corrected chi connectivity index (χ4v) is 2.05. The smallest absolute Gasteiger partial charge is 0.207 e. The molecule has 82 valence electrons. The normalized spacial score (nSPS) is 22.1. The molecule has 0 aromatic heterocycles. The van der Waals surface area contributed by atoms with Crippen LogP contribution < -0.4 is 5.32 Å². The molecule has 1 heterocycles. The molecule has 0 aliphatic carbocycles. The van der Waals surface area contributed by atoms with Crippen LogP contribution in [-0.2, 0) is 4.79 Å². The van der Waals surface area contributed by atoms with E-state index < -0.39 is 0 Å². The van der Waals surface area contributed by atoms with E-state index in [9.17, 15) is 4.79 Å². The largest absolute Gasteiger partial charge is 0.355 e. The topological polar surface area (TPSA) is 32.3 Å². The number of carbonyl (C=O) groups excluding carboxylic acids is 1. The van der Waals surface area contributed by atoms with Crippen molar-refractivity contribution < 1.29 is 4.79 Å². The van der Waals surface area contributed by atoms with Gasteiger partial charge in [0.2, 0.25) is 6.41 Å². The summed E-state index contributed by atoms with van der Waals surface area (Å²) < 4.78 is 0. The molecule has 3 heteroatoms. The summed E-state index contributed by atoms with van der Waals surface area (Å²) >= 11 is 0. The number of carbonyl (C=O) groups is 1. The first-order valence-electron chi connectivity index (χ1n) is 5.75. The highest BCUT2D eigenvalue weighted by Crippen LogP contribution is 2.10. The minimum absolute atomic E-state index is 0.284. The molecule has 1 saturated heterocycles. The summed E-state index contributed by atoms with van der Waals surface area (Å²) in [5.41, 5.74) is 0. The molecule has 1 aliphatic heterocycles. The van der Waals surface area contributed by atoms with Crippen molar-refractivity contribution in [3.05, 3.63) is 0 Å². The van der Waals surface area contributed by atoms with Gasteiger partial charge in [0.05, 0.1) is 0 Å². The minimum Gasteiger partial charge on any atom is -0.355 e. The summed E-state index contributed by atoms with van der Waals surface area (Å²) in [7, 11) is 0. The first-order chi connectivity index (χ1) is 6.83. The molecule has 1 amide bonds. The molecule has 1 rings (SSSR count). The van der Waals surface area contributed by atoms with Gasteiger partial charge in [0, 0.05) is 12.6 Å². The van der Waals surface area contributed by atoms with Gasteiger partial charge in [0.25, 0.3) is 0 Å². The third-order valence-corrected chi connectivity index (χ3v) is 2.83. The summed E-state index contributed by atoms with van der Waals surface area (Å²) in [5, 5.41) is 2.81. The Morgan fingerprint density at radius 1 is 1.21 bits per heavy atom. The van der Waals surface area contributed by atoms with E-state index in [1.807, 2.05) is 0 Å². The fourth-order valence-electron chi connectivity index (χ4n) is 2.05. The van der Waals surface area contributed by atoms with Gasteiger partial charge in [-0.15, -0.1) is 0 Å². The predicted molar refractivity (Wildman–Crippen MR) is 58.2 cm³/mol. The number of amides is 1. The lowest BCUT2D eigenvalue weighted by atomic mass is 10.1. The Kier molecular flexibility index (Phi) is 5.60. The monoisotopic (exact) mass is 198 g/mol. The average molecular weight is 198 g/mol. The van der Waals surface area contributed by atoms with Crippen LogP contribution in [0.25, 0.3) is 0 Å². The zero-order chi connectivity index (χ0) is 10.2. The molecular weight excluding hydrogens is 176 g/mol. The molecule has 1 atom stereocenters. The molecule has 0 aromatic rings. The molecule has 14 heavy (non-hydrogen) atoms. The number of hydrogen-bond donors (Lipinski definition) is 1. The van der Waals surface area contributed by atoms with Gasteiger partial charge in [0.1, 0.15) is 0 Å². The van der Waals surface area contributed by atoms with E-state index in [4.69, 9.17) is 0 Å². The summed E-state index contributed by atoms with van der Waals surface area (Å²) in [6.45, 7) is 5.46. The maximum absolute atomic E-state index is 10.3. The van der Waals surface area contributed by atoms with Gasteiger partial charge in [-0.05, 0) is 32.9 Å². The number of rotatable bonds is 4. The van der Waals surface area contributed by atoms with E-state index >= 15 is 0 Å². The van der Waals surface area contributed by atoms with Gasteiger partial charge in [-0.2, -0.15) is 0 Å². The van der Waals surface area contributed by atoms with Gasteiger partial charge in [-0.1, -0.05) is 19.3 Å². The van der Waals surface area contributed by atoms with Gasteiger partial charge < -0.3 is 10.2 Å². The van der Waals surface area contributed by atoms with Crippen LogP contribution in [-0.4, -0.2) is 37.0 Å². The van der Waals surface area contributed by atoms with Gasteiger partial charge in [-0.25, -0.2) is 0 Å². The second kappa shape index (κ2) is 6.82. The molecule has 0 radical (unpaired) electrons. The van der Waals surface area contributed by atoms with Crippen LogP contribution in [0, 0.1) is 0 Å². The maximum Gasteiger partial charge on any atom is 0.207 e. The molecule has 0 saturated carbocycles. The number of hydrogen-bond acceptors (Lipinski definition) is 2. The van der Waals surface area contributed by atoms with Crippen molar-refractivity contribution >= 4 is 6.41 Å². The Balaban J connectivity index is 2.22. The Hall–Kier alpha value is -0.570. The predicted octanol–water partition coefficient (Wildman–Crippen LogP) is 1.39. The Bertz CT molecular complexity index is 153. The first kappa shape index (κ1) is 11.5. The van der Waals surface area contributed by atoms with E-state index in [-0.39, 0.29) is 6.04 Å². The van der Waals surface area contributed by atoms with Crippen molar-refractivity contribution in [2.75, 3.05) is 19.6 Å². The lowest BCUT2D eigenvalue weighted by Gasteiger charge is -2.26. The zero-order valence-electron chi connectivity index (χ0n) is 9.17. The Morgan fingerprint density at radius 3 is 2.36 bits per heavy atom. The standard InChI is InChI=1S/C11H22N2O/c1-11(12-10-14)9-13-7-5-3-2-4-6-8-13/h10-11H,2-9H2,1H3,(H,12,14)/t11-/m0/s1. The minimum atomic E-state index is 0.284. The van der Waals surface area contributed by atoms with Crippen molar-refractivity contribution in [3.63, 3.8) is 0 Å². The van der Waals surface area contributed by atoms with Gasteiger partial charge in [-0.3, -0.25) is 4.79 Å². The molecule has 0 aromatic carbocycles. The van der Waals surface area contributed by atoms with E-state index in [0.717, 1.165) is 13.0 Å². The molecule has 1 N–H and O–H groups in total. The van der Waals surface area contributed by atoms with Crippen LogP contribution in [0.2, 0.25) is 0 Å². The van der Waals surface area contributed by atoms with Crippen molar-refractivity contribution in [2.24, 2.45) is 0 Å². The number of likely N-dealkylation sites (tertiary alicyclic amines) is 1. The molecule has 1 aliphatic rings. The summed E-state index contributed by atoms with van der Waals surface area (Å²) in [5.74, 6) is 0. The highest BCUT2D eigenvalue weighted by atomic mass is 16.1. The summed E-state index contributed by atoms with van der Waals surface area (Å²) in [6.07, 6.45) is 7.56. The van der Waals surface area contributed by atoms with Crippen molar-refractivity contribution in [2.45, 2.75) is 45.1 Å². The molecule has 0 unspecified atom stereocenters. The molecule has 0 bridgehead atoms. The summed E-state index contributed by atoms with van der Waals surface area (Å²) in [6, 6.07) is 0.284. The van der Waals surface area contributed by atoms with E-state index in [0.29, 0.717) is 0 Å². The van der Waals surface area contributed by atoms with E-state index in [2.05, 4.69) is 17.1 Å². The van der Waals surface area contributed by atoms with Crippen molar-refractivity contribution in [1.29, 1.82) is 0 Å². The lowest BCUT2D eigenvalue weighted by Crippen LogP contribution is -2.40. The zero-order valence-corrected chi connectivity index (χ0v) is 9.17. The lowest BCUT2D eigenvalue weighted by molar-refractivity contribution is -0.110. The van der Waals surface area contributed by atoms with Crippen LogP contribution in [0.5, 0.6) is 0 Å². The Morgan fingerprint density at radius 2 is 1.79 bits per heavy atom. The van der Waals surface area contributed by atoms with Crippen LogP contribution in [0.4, 0.5) is 0 Å². The second-order valence-corrected chi connectivity index (χ2v) is 4.25. The van der Waals surface area contributed by atoms with Gasteiger partial charge >= 0.3 is 0 Å². The fraction of sp³-hybridized carbons (Fsp3) is 0.909.